The van der Waals surface area contributed by atoms with Crippen molar-refractivity contribution >= 4 is 17.6 Å². The monoisotopic (exact) mass is 434 g/mol. The van der Waals surface area contributed by atoms with Gasteiger partial charge < -0.3 is 4.74 Å². The van der Waals surface area contributed by atoms with E-state index in [0.717, 1.165) is 16.7 Å². The second kappa shape index (κ2) is 9.01. The molecule has 0 radical (unpaired) electrons. The van der Waals surface area contributed by atoms with Crippen LogP contribution in [0.5, 0.6) is 0 Å². The topological polar surface area (TPSA) is 95.7 Å². The van der Waals surface area contributed by atoms with Gasteiger partial charge in [-0.05, 0) is 31.2 Å². The van der Waals surface area contributed by atoms with E-state index in [1.807, 2.05) is 43.3 Å². The van der Waals surface area contributed by atoms with Crippen LogP contribution in [0.25, 0.3) is 22.5 Å². The van der Waals surface area contributed by atoms with E-state index in [4.69, 9.17) is 26.3 Å². The first kappa shape index (κ1) is 20.6. The van der Waals surface area contributed by atoms with E-state index in [1.54, 1.807) is 19.1 Å². The van der Waals surface area contributed by atoms with Crippen molar-refractivity contribution in [2.24, 2.45) is 0 Å². The van der Waals surface area contributed by atoms with E-state index in [1.165, 1.54) is 11.1 Å². The Balaban J connectivity index is 1.94. The number of halogens is 1. The lowest BCUT2D eigenvalue weighted by Crippen LogP contribution is -2.17. The number of esters is 1. The summed E-state index contributed by atoms with van der Waals surface area (Å²) in [5, 5.41) is 12.2. The number of nitrogens with zero attached hydrogens (tertiary/aromatic N) is 6. The quantitative estimate of drug-likeness (QED) is 0.423. The Bertz CT molecular complexity index is 1190. The van der Waals surface area contributed by atoms with Gasteiger partial charge in [-0.1, -0.05) is 53.6 Å². The minimum Gasteiger partial charge on any atom is -0.461 e. The summed E-state index contributed by atoms with van der Waals surface area (Å²) in [7, 11) is 0. The SMILES string of the molecule is CCOC(=O)c1nc(-c2ccc(C)cc2)c(-c2ccc(Cl)cc2)nc1Cn1ncnn1. The molecule has 0 saturated heterocycles. The fraction of sp³-hybridized carbons (Fsp3) is 0.182. The lowest BCUT2D eigenvalue weighted by Gasteiger charge is -2.14. The molecule has 156 valence electrons. The number of aryl methyl sites for hydroxylation is 1. The van der Waals surface area contributed by atoms with Crippen molar-refractivity contribution in [2.75, 3.05) is 6.61 Å². The summed E-state index contributed by atoms with van der Waals surface area (Å²) >= 11 is 6.08. The van der Waals surface area contributed by atoms with Crippen LogP contribution in [-0.4, -0.2) is 42.8 Å². The van der Waals surface area contributed by atoms with Crippen LogP contribution in [-0.2, 0) is 11.3 Å². The molecular weight excluding hydrogens is 416 g/mol. The first-order chi connectivity index (χ1) is 15.0. The molecule has 9 heteroatoms. The van der Waals surface area contributed by atoms with Crippen LogP contribution in [0.3, 0.4) is 0 Å². The zero-order chi connectivity index (χ0) is 21.8. The van der Waals surface area contributed by atoms with E-state index in [0.29, 0.717) is 22.1 Å². The average Bonchev–Trinajstić information content (AvgIpc) is 3.28. The predicted molar refractivity (Wildman–Crippen MR) is 116 cm³/mol. The zero-order valence-electron chi connectivity index (χ0n) is 17.0. The smallest absolute Gasteiger partial charge is 0.358 e. The highest BCUT2D eigenvalue weighted by atomic mass is 35.5. The van der Waals surface area contributed by atoms with Gasteiger partial charge in [0.15, 0.2) is 12.0 Å². The largest absolute Gasteiger partial charge is 0.461 e. The Morgan fingerprint density at radius 2 is 1.65 bits per heavy atom. The van der Waals surface area contributed by atoms with E-state index in [9.17, 15) is 4.79 Å². The molecule has 0 amide bonds. The van der Waals surface area contributed by atoms with Crippen molar-refractivity contribution in [2.45, 2.75) is 20.4 Å². The average molecular weight is 435 g/mol. The maximum absolute atomic E-state index is 12.7. The number of carbonyl (C=O) groups excluding carboxylic acids is 1. The summed E-state index contributed by atoms with van der Waals surface area (Å²) in [4.78, 5) is 23.6. The maximum atomic E-state index is 12.7. The normalized spacial score (nSPS) is 10.8. The third-order valence-electron chi connectivity index (χ3n) is 4.56. The highest BCUT2D eigenvalue weighted by molar-refractivity contribution is 6.30. The van der Waals surface area contributed by atoms with Crippen LogP contribution in [0, 0.1) is 6.92 Å². The van der Waals surface area contributed by atoms with E-state index >= 15 is 0 Å². The molecule has 2 aromatic carbocycles. The third kappa shape index (κ3) is 4.59. The second-order valence-corrected chi connectivity index (χ2v) is 7.21. The predicted octanol–water partition coefficient (Wildman–Crippen LogP) is 3.98. The van der Waals surface area contributed by atoms with Gasteiger partial charge in [0.25, 0.3) is 0 Å². The molecule has 0 saturated carbocycles. The number of benzene rings is 2. The molecule has 0 N–H and O–H groups in total. The molecule has 0 bridgehead atoms. The standard InChI is InChI=1S/C22H19ClN6O2/c1-3-31-22(30)21-18(12-29-25-13-24-28-29)26-19(16-8-10-17(23)11-9-16)20(27-21)15-6-4-14(2)5-7-15/h4-11,13H,3,12H2,1-2H3. The Hall–Kier alpha value is -3.65. The number of rotatable bonds is 6. The molecule has 4 rings (SSSR count). The van der Waals surface area contributed by atoms with Gasteiger partial charge in [-0.25, -0.2) is 14.8 Å². The number of tetrazole rings is 1. The number of aromatic nitrogens is 6. The number of hydrogen-bond donors (Lipinski definition) is 0. The summed E-state index contributed by atoms with van der Waals surface area (Å²) in [6.45, 7) is 4.09. The minimum atomic E-state index is -0.555. The van der Waals surface area contributed by atoms with Crippen molar-refractivity contribution in [3.05, 3.63) is 76.8 Å². The maximum Gasteiger partial charge on any atom is 0.358 e. The Kier molecular flexibility index (Phi) is 5.99. The van der Waals surface area contributed by atoms with Crippen LogP contribution in [0.15, 0.2) is 54.9 Å². The van der Waals surface area contributed by atoms with E-state index < -0.39 is 5.97 Å². The van der Waals surface area contributed by atoms with Gasteiger partial charge in [0.1, 0.15) is 6.54 Å². The van der Waals surface area contributed by atoms with E-state index in [-0.39, 0.29) is 18.8 Å². The number of hydrogen-bond acceptors (Lipinski definition) is 7. The van der Waals surface area contributed by atoms with Crippen LogP contribution in [0.4, 0.5) is 0 Å². The molecule has 0 atom stereocenters. The van der Waals surface area contributed by atoms with Gasteiger partial charge >= 0.3 is 5.97 Å². The highest BCUT2D eigenvalue weighted by Crippen LogP contribution is 2.31. The number of ether oxygens (including phenoxy) is 1. The van der Waals surface area contributed by atoms with Crippen molar-refractivity contribution in [3.8, 4) is 22.5 Å². The second-order valence-electron chi connectivity index (χ2n) is 6.78. The van der Waals surface area contributed by atoms with Gasteiger partial charge in [0, 0.05) is 16.1 Å². The lowest BCUT2D eigenvalue weighted by atomic mass is 10.0. The minimum absolute atomic E-state index is 0.118. The van der Waals surface area contributed by atoms with Crippen LogP contribution in [0.2, 0.25) is 5.02 Å². The molecule has 2 aromatic heterocycles. The molecular formula is C22H19ClN6O2. The fourth-order valence-electron chi connectivity index (χ4n) is 3.06. The van der Waals surface area contributed by atoms with Gasteiger partial charge in [0.2, 0.25) is 0 Å². The van der Waals surface area contributed by atoms with Gasteiger partial charge in [-0.3, -0.25) is 0 Å². The Labute approximate surface area is 183 Å². The molecule has 31 heavy (non-hydrogen) atoms. The van der Waals surface area contributed by atoms with Crippen LogP contribution in [0.1, 0.15) is 28.7 Å². The van der Waals surface area contributed by atoms with Gasteiger partial charge in [-0.15, -0.1) is 10.2 Å². The lowest BCUT2D eigenvalue weighted by molar-refractivity contribution is 0.0517. The summed E-state index contributed by atoms with van der Waals surface area (Å²) < 4.78 is 5.23. The fourth-order valence-corrected chi connectivity index (χ4v) is 3.19. The molecule has 0 spiro atoms. The first-order valence-electron chi connectivity index (χ1n) is 9.67. The summed E-state index contributed by atoms with van der Waals surface area (Å²) in [6, 6.07) is 15.2. The molecule has 0 aliphatic heterocycles. The van der Waals surface area contributed by atoms with Crippen LogP contribution >= 0.6 is 11.6 Å². The summed E-state index contributed by atoms with van der Waals surface area (Å²) in [5.41, 5.74) is 4.45. The van der Waals surface area contributed by atoms with E-state index in [2.05, 4.69) is 15.4 Å². The molecule has 2 heterocycles. The third-order valence-corrected chi connectivity index (χ3v) is 4.81. The van der Waals surface area contributed by atoms with Crippen molar-refractivity contribution < 1.29 is 9.53 Å². The number of carbonyl (C=O) groups is 1. The molecule has 0 aliphatic carbocycles. The Morgan fingerprint density at radius 3 is 2.26 bits per heavy atom. The Morgan fingerprint density at radius 1 is 1.00 bits per heavy atom. The summed E-state index contributed by atoms with van der Waals surface area (Å²) in [5.74, 6) is -0.555. The molecule has 0 unspecified atom stereocenters. The molecule has 8 nitrogen and oxygen atoms in total. The zero-order valence-corrected chi connectivity index (χ0v) is 17.7. The molecule has 0 fully saturated rings. The van der Waals surface area contributed by atoms with Gasteiger partial charge in [0.05, 0.1) is 23.7 Å². The molecule has 0 aliphatic rings. The highest BCUT2D eigenvalue weighted by Gasteiger charge is 2.23. The van der Waals surface area contributed by atoms with Crippen molar-refractivity contribution in [1.29, 1.82) is 0 Å². The van der Waals surface area contributed by atoms with Gasteiger partial charge in [-0.2, -0.15) is 4.80 Å². The summed E-state index contributed by atoms with van der Waals surface area (Å²) in [6.07, 6.45) is 1.32. The first-order valence-corrected chi connectivity index (χ1v) is 10.0. The van der Waals surface area contributed by atoms with Crippen molar-refractivity contribution in [3.63, 3.8) is 0 Å². The van der Waals surface area contributed by atoms with Crippen LogP contribution < -0.4 is 0 Å². The van der Waals surface area contributed by atoms with Crippen molar-refractivity contribution in [1.82, 2.24) is 30.2 Å². The molecule has 4 aromatic rings.